The molecule has 0 radical (unpaired) electrons. The Kier molecular flexibility index (Phi) is 6.89. The number of ketones is 1. The third kappa shape index (κ3) is 4.67. The number of Topliss-reactive ketones (excluding diaryl/α,β-unsaturated/α-hetero) is 1. The second-order valence-electron chi connectivity index (χ2n) is 9.42. The second-order valence-corrected chi connectivity index (χ2v) is 10.4. The highest BCUT2D eigenvalue weighted by molar-refractivity contribution is 7.10. The van der Waals surface area contributed by atoms with Gasteiger partial charge in [-0.15, -0.1) is 11.3 Å². The number of dihydropyridines is 1. The van der Waals surface area contributed by atoms with E-state index in [2.05, 4.69) is 10.6 Å². The monoisotopic (exact) mass is 514 g/mol. The van der Waals surface area contributed by atoms with E-state index in [1.807, 2.05) is 73.8 Å². The van der Waals surface area contributed by atoms with Crippen LogP contribution < -0.4 is 20.1 Å². The molecule has 1 aliphatic carbocycles. The maximum absolute atomic E-state index is 13.8. The molecule has 0 saturated heterocycles. The molecule has 5 rings (SSSR count). The fourth-order valence-corrected chi connectivity index (χ4v) is 6.17. The first kappa shape index (κ1) is 24.8. The summed E-state index contributed by atoms with van der Waals surface area (Å²) >= 11 is 1.57. The van der Waals surface area contributed by atoms with Gasteiger partial charge in [-0.25, -0.2) is 0 Å². The summed E-state index contributed by atoms with van der Waals surface area (Å²) in [6.07, 6.45) is 1.03. The van der Waals surface area contributed by atoms with Gasteiger partial charge in [0.1, 0.15) is 0 Å². The molecule has 7 heteroatoms. The van der Waals surface area contributed by atoms with E-state index in [0.717, 1.165) is 33.1 Å². The van der Waals surface area contributed by atoms with E-state index in [1.165, 1.54) is 0 Å². The number of hydrogen-bond donors (Lipinski definition) is 2. The molecule has 0 bridgehead atoms. The van der Waals surface area contributed by atoms with Crippen molar-refractivity contribution >= 4 is 28.7 Å². The van der Waals surface area contributed by atoms with Gasteiger partial charge in [0.25, 0.3) is 5.91 Å². The lowest BCUT2D eigenvalue weighted by atomic mass is 9.73. The highest BCUT2D eigenvalue weighted by atomic mass is 32.1. The molecule has 0 fully saturated rings. The van der Waals surface area contributed by atoms with Crippen molar-refractivity contribution in [2.45, 2.75) is 38.5 Å². The number of methoxy groups -OCH3 is 2. The summed E-state index contributed by atoms with van der Waals surface area (Å²) in [5.41, 5.74) is 5.71. The number of carbonyl (C=O) groups is 2. The van der Waals surface area contributed by atoms with Gasteiger partial charge < -0.3 is 20.1 Å². The maximum Gasteiger partial charge on any atom is 0.254 e. The van der Waals surface area contributed by atoms with Crippen molar-refractivity contribution in [3.05, 3.63) is 98.5 Å². The zero-order chi connectivity index (χ0) is 26.1. The molecule has 0 spiro atoms. The molecule has 2 aliphatic rings. The summed E-state index contributed by atoms with van der Waals surface area (Å²) in [5, 5.41) is 8.52. The van der Waals surface area contributed by atoms with E-state index < -0.39 is 5.92 Å². The minimum absolute atomic E-state index is 0.00214. The molecular weight excluding hydrogens is 484 g/mol. The quantitative estimate of drug-likeness (QED) is 0.417. The van der Waals surface area contributed by atoms with Crippen LogP contribution in [0.4, 0.5) is 5.69 Å². The van der Waals surface area contributed by atoms with Crippen LogP contribution in [0.5, 0.6) is 11.5 Å². The standard InChI is InChI=1S/C30H30N2O4S/c1-17-8-5-6-9-21(17)32-30(34)27-18(2)31-22-14-20(19-11-12-24(35-3)25(16-19)36-4)15-23(33)28(22)29(27)26-10-7-13-37-26/h5-13,16,20,29,31H,14-15H2,1-4H3,(H,32,34). The molecular formula is C30H30N2O4S. The number of thiophene rings is 1. The molecule has 1 aliphatic heterocycles. The number of amides is 1. The fourth-order valence-electron chi connectivity index (χ4n) is 5.33. The van der Waals surface area contributed by atoms with Crippen LogP contribution in [-0.2, 0) is 9.59 Å². The third-order valence-electron chi connectivity index (χ3n) is 7.17. The minimum atomic E-state index is -0.404. The smallest absolute Gasteiger partial charge is 0.254 e. The number of allylic oxidation sites excluding steroid dienone is 3. The Bertz CT molecular complexity index is 1420. The van der Waals surface area contributed by atoms with Gasteiger partial charge in [-0.3, -0.25) is 9.59 Å². The molecule has 1 amide bonds. The second kappa shape index (κ2) is 10.3. The zero-order valence-corrected chi connectivity index (χ0v) is 22.2. The van der Waals surface area contributed by atoms with Crippen LogP contribution in [0.15, 0.2) is 82.5 Å². The van der Waals surface area contributed by atoms with Crippen LogP contribution in [-0.4, -0.2) is 25.9 Å². The fraction of sp³-hybridized carbons (Fsp3) is 0.267. The number of ether oxygens (including phenoxy) is 2. The predicted molar refractivity (Wildman–Crippen MR) is 146 cm³/mol. The minimum Gasteiger partial charge on any atom is -0.493 e. The first-order valence-corrected chi connectivity index (χ1v) is 13.2. The summed E-state index contributed by atoms with van der Waals surface area (Å²) in [6.45, 7) is 3.88. The Labute approximate surface area is 221 Å². The predicted octanol–water partition coefficient (Wildman–Crippen LogP) is 6.07. The SMILES string of the molecule is COc1ccc(C2CC(=O)C3=C(C2)NC(C)=C(C(=O)Nc2ccccc2C)C3c2cccs2)cc1OC. The van der Waals surface area contributed by atoms with Crippen LogP contribution in [0.1, 0.15) is 47.6 Å². The van der Waals surface area contributed by atoms with Crippen LogP contribution in [0.2, 0.25) is 0 Å². The lowest BCUT2D eigenvalue weighted by Gasteiger charge is -2.36. The summed E-state index contributed by atoms with van der Waals surface area (Å²) in [4.78, 5) is 28.4. The van der Waals surface area contributed by atoms with Crippen molar-refractivity contribution in [3.8, 4) is 11.5 Å². The summed E-state index contributed by atoms with van der Waals surface area (Å²) in [5.74, 6) is 0.757. The van der Waals surface area contributed by atoms with Crippen molar-refractivity contribution in [1.82, 2.24) is 5.32 Å². The molecule has 2 aromatic carbocycles. The number of nitrogens with one attached hydrogen (secondary N) is 2. The maximum atomic E-state index is 13.8. The highest BCUT2D eigenvalue weighted by Gasteiger charge is 2.41. The van der Waals surface area contributed by atoms with Crippen LogP contribution in [0.25, 0.3) is 0 Å². The largest absolute Gasteiger partial charge is 0.493 e. The van der Waals surface area contributed by atoms with E-state index in [-0.39, 0.29) is 17.6 Å². The highest BCUT2D eigenvalue weighted by Crippen LogP contribution is 2.47. The van der Waals surface area contributed by atoms with Gasteiger partial charge >= 0.3 is 0 Å². The molecule has 3 aromatic rings. The van der Waals surface area contributed by atoms with Gasteiger partial charge in [0.15, 0.2) is 17.3 Å². The number of aryl methyl sites for hydroxylation is 1. The molecule has 2 atom stereocenters. The molecule has 190 valence electrons. The average Bonchev–Trinajstić information content (AvgIpc) is 3.43. The lowest BCUT2D eigenvalue weighted by molar-refractivity contribution is -0.116. The number of para-hydroxylation sites is 1. The molecule has 2 heterocycles. The topological polar surface area (TPSA) is 76.7 Å². The number of hydrogen-bond acceptors (Lipinski definition) is 6. The van der Waals surface area contributed by atoms with Gasteiger partial charge in [0.2, 0.25) is 0 Å². The number of rotatable bonds is 6. The molecule has 37 heavy (non-hydrogen) atoms. The van der Waals surface area contributed by atoms with Crippen molar-refractivity contribution in [2.24, 2.45) is 0 Å². The van der Waals surface area contributed by atoms with Gasteiger partial charge in [0, 0.05) is 39.5 Å². The summed E-state index contributed by atoms with van der Waals surface area (Å²) in [7, 11) is 3.22. The van der Waals surface area contributed by atoms with Crippen molar-refractivity contribution < 1.29 is 19.1 Å². The molecule has 6 nitrogen and oxygen atoms in total. The van der Waals surface area contributed by atoms with Crippen molar-refractivity contribution in [3.63, 3.8) is 0 Å². The van der Waals surface area contributed by atoms with Gasteiger partial charge in [0.05, 0.1) is 20.1 Å². The van der Waals surface area contributed by atoms with E-state index in [4.69, 9.17) is 9.47 Å². The molecule has 2 unspecified atom stereocenters. The summed E-state index contributed by atoms with van der Waals surface area (Å²) in [6, 6.07) is 17.5. The van der Waals surface area contributed by atoms with Crippen LogP contribution >= 0.6 is 11.3 Å². The lowest BCUT2D eigenvalue weighted by Crippen LogP contribution is -2.36. The van der Waals surface area contributed by atoms with E-state index in [1.54, 1.807) is 25.6 Å². The Hall–Kier alpha value is -3.84. The van der Waals surface area contributed by atoms with Crippen molar-refractivity contribution in [2.75, 3.05) is 19.5 Å². The number of carbonyl (C=O) groups excluding carboxylic acids is 2. The van der Waals surface area contributed by atoms with Crippen LogP contribution in [0, 0.1) is 6.92 Å². The van der Waals surface area contributed by atoms with Crippen molar-refractivity contribution in [1.29, 1.82) is 0 Å². The Balaban J connectivity index is 1.51. The van der Waals surface area contributed by atoms with Gasteiger partial charge in [-0.1, -0.05) is 30.3 Å². The summed E-state index contributed by atoms with van der Waals surface area (Å²) < 4.78 is 10.9. The van der Waals surface area contributed by atoms with Gasteiger partial charge in [-0.05, 0) is 67.0 Å². The Morgan fingerprint density at radius 3 is 2.49 bits per heavy atom. The Morgan fingerprint density at radius 1 is 1.00 bits per heavy atom. The number of benzene rings is 2. The molecule has 0 saturated carbocycles. The molecule has 1 aromatic heterocycles. The first-order valence-electron chi connectivity index (χ1n) is 12.3. The average molecular weight is 515 g/mol. The number of anilines is 1. The van der Waals surface area contributed by atoms with E-state index >= 15 is 0 Å². The molecule has 2 N–H and O–H groups in total. The third-order valence-corrected chi connectivity index (χ3v) is 8.11. The van der Waals surface area contributed by atoms with E-state index in [9.17, 15) is 9.59 Å². The normalized spacial score (nSPS) is 19.3. The Morgan fingerprint density at radius 2 is 1.78 bits per heavy atom. The first-order chi connectivity index (χ1) is 17.9. The van der Waals surface area contributed by atoms with Gasteiger partial charge in [-0.2, -0.15) is 0 Å². The van der Waals surface area contributed by atoms with E-state index in [0.29, 0.717) is 35.5 Å². The zero-order valence-electron chi connectivity index (χ0n) is 21.4. The van der Waals surface area contributed by atoms with Crippen LogP contribution in [0.3, 0.4) is 0 Å².